The molecule has 7 rings (SSSR count). The van der Waals surface area contributed by atoms with Gasteiger partial charge in [-0.05, 0) is 76.2 Å². The SMILES string of the molecule is C#C/C(=C/C)c1c(CC)cc(O)cc1-c1ncc2c(N3CC4CC3CN4)nc(OCC34CCCN3CCC4)nc2c1F. The number of phenolic OH excluding ortho intramolecular Hbond substituents is 1. The van der Waals surface area contributed by atoms with Gasteiger partial charge in [-0.15, -0.1) is 6.42 Å². The third-order valence-electron chi connectivity index (χ3n) is 9.81. The molecule has 0 saturated carbocycles. The lowest BCUT2D eigenvalue weighted by molar-refractivity contribution is 0.108. The number of terminal acetylenes is 1. The number of rotatable bonds is 7. The number of hydrogen-bond donors (Lipinski definition) is 2. The molecule has 2 bridgehead atoms. The second kappa shape index (κ2) is 10.5. The van der Waals surface area contributed by atoms with Crippen LogP contribution in [0.4, 0.5) is 10.2 Å². The van der Waals surface area contributed by atoms with Gasteiger partial charge in [0.15, 0.2) is 5.82 Å². The van der Waals surface area contributed by atoms with Crippen molar-refractivity contribution in [2.75, 3.05) is 37.7 Å². The molecule has 42 heavy (non-hydrogen) atoms. The van der Waals surface area contributed by atoms with Crippen molar-refractivity contribution >= 4 is 22.3 Å². The van der Waals surface area contributed by atoms with E-state index in [1.807, 2.05) is 19.9 Å². The van der Waals surface area contributed by atoms with E-state index in [2.05, 4.69) is 31.0 Å². The fourth-order valence-electron chi connectivity index (χ4n) is 7.74. The van der Waals surface area contributed by atoms with Crippen molar-refractivity contribution < 1.29 is 14.2 Å². The summed E-state index contributed by atoms with van der Waals surface area (Å²) in [7, 11) is 0. The number of benzene rings is 1. The molecule has 0 spiro atoms. The van der Waals surface area contributed by atoms with Crippen LogP contribution < -0.4 is 15.0 Å². The number of fused-ring (bicyclic) bond motifs is 4. The van der Waals surface area contributed by atoms with Gasteiger partial charge in [0.25, 0.3) is 0 Å². The van der Waals surface area contributed by atoms with E-state index >= 15 is 4.39 Å². The number of nitrogens with zero attached hydrogens (tertiary/aromatic N) is 5. The maximum Gasteiger partial charge on any atom is 0.319 e. The zero-order valence-electron chi connectivity index (χ0n) is 24.3. The topological polar surface area (TPSA) is 86.6 Å². The van der Waals surface area contributed by atoms with Gasteiger partial charge in [-0.2, -0.15) is 9.97 Å². The highest BCUT2D eigenvalue weighted by atomic mass is 19.1. The lowest BCUT2D eigenvalue weighted by Crippen LogP contribution is -2.44. The fourth-order valence-corrected chi connectivity index (χ4v) is 7.74. The molecule has 0 amide bonds. The van der Waals surface area contributed by atoms with E-state index in [0.29, 0.717) is 47.0 Å². The van der Waals surface area contributed by atoms with Gasteiger partial charge in [-0.3, -0.25) is 9.88 Å². The molecule has 2 aromatic heterocycles. The summed E-state index contributed by atoms with van der Waals surface area (Å²) in [6.07, 6.45) is 15.5. The molecule has 3 aromatic rings. The monoisotopic (exact) mass is 568 g/mol. The zero-order chi connectivity index (χ0) is 29.0. The minimum Gasteiger partial charge on any atom is -0.508 e. The summed E-state index contributed by atoms with van der Waals surface area (Å²) in [5.74, 6) is 2.85. The van der Waals surface area contributed by atoms with Crippen LogP contribution in [0.25, 0.3) is 27.7 Å². The van der Waals surface area contributed by atoms with Crippen LogP contribution in [0.5, 0.6) is 11.8 Å². The van der Waals surface area contributed by atoms with E-state index in [1.54, 1.807) is 12.3 Å². The average molecular weight is 569 g/mol. The van der Waals surface area contributed by atoms with Gasteiger partial charge in [-0.1, -0.05) is 18.9 Å². The lowest BCUT2D eigenvalue weighted by atomic mass is 9.90. The van der Waals surface area contributed by atoms with Crippen LogP contribution in [0.2, 0.25) is 0 Å². The lowest BCUT2D eigenvalue weighted by Gasteiger charge is -2.32. The summed E-state index contributed by atoms with van der Waals surface area (Å²) in [5, 5.41) is 14.7. The third-order valence-corrected chi connectivity index (χ3v) is 9.81. The summed E-state index contributed by atoms with van der Waals surface area (Å²) >= 11 is 0. The van der Waals surface area contributed by atoms with E-state index < -0.39 is 5.82 Å². The van der Waals surface area contributed by atoms with Crippen LogP contribution in [0.1, 0.15) is 57.1 Å². The van der Waals surface area contributed by atoms with Crippen LogP contribution in [0, 0.1) is 18.2 Å². The first kappa shape index (κ1) is 27.1. The average Bonchev–Trinajstić information content (AvgIpc) is 3.79. The Morgan fingerprint density at radius 2 is 2.10 bits per heavy atom. The molecule has 4 fully saturated rings. The summed E-state index contributed by atoms with van der Waals surface area (Å²) < 4.78 is 23.1. The number of hydrogen-bond acceptors (Lipinski definition) is 8. The molecule has 4 aliphatic heterocycles. The molecular formula is C33H37FN6O2. The number of aromatic hydroxyl groups is 1. The molecule has 0 radical (unpaired) electrons. The molecule has 6 heterocycles. The summed E-state index contributed by atoms with van der Waals surface area (Å²) in [4.78, 5) is 19.0. The molecule has 4 saturated heterocycles. The standard InChI is InChI=1S/C33H37FN6O2/c1-4-20(5-2)27-21(6-3)13-24(41)15-25(27)29-28(34)30-26(17-36-29)31(40-18-22-14-23(40)16-35-22)38-32(37-30)42-19-33-9-7-11-39(33)12-8-10-33/h1,5,13,15,17,22-23,35,41H,6-12,14,16,18-19H2,2-3H3/b20-5-. The Balaban J connectivity index is 1.37. The number of pyridine rings is 1. The predicted molar refractivity (Wildman–Crippen MR) is 162 cm³/mol. The van der Waals surface area contributed by atoms with Gasteiger partial charge < -0.3 is 20.1 Å². The maximum atomic E-state index is 16.8. The van der Waals surface area contributed by atoms with Crippen molar-refractivity contribution in [3.05, 3.63) is 41.3 Å². The van der Waals surface area contributed by atoms with Crippen molar-refractivity contribution in [2.45, 2.75) is 70.0 Å². The van der Waals surface area contributed by atoms with Gasteiger partial charge in [-0.25, -0.2) is 4.39 Å². The number of aryl methyl sites for hydroxylation is 1. The van der Waals surface area contributed by atoms with Crippen LogP contribution in [-0.4, -0.2) is 75.4 Å². The van der Waals surface area contributed by atoms with Crippen LogP contribution >= 0.6 is 0 Å². The number of halogens is 1. The van der Waals surface area contributed by atoms with E-state index in [0.717, 1.165) is 51.0 Å². The third kappa shape index (κ3) is 4.31. The first-order valence-corrected chi connectivity index (χ1v) is 15.2. The summed E-state index contributed by atoms with van der Waals surface area (Å²) in [6, 6.07) is 4.07. The van der Waals surface area contributed by atoms with Crippen LogP contribution in [0.15, 0.2) is 24.4 Å². The summed E-state index contributed by atoms with van der Waals surface area (Å²) in [6.45, 7) is 8.18. The van der Waals surface area contributed by atoms with Gasteiger partial charge in [0.2, 0.25) is 0 Å². The quantitative estimate of drug-likeness (QED) is 0.397. The van der Waals surface area contributed by atoms with E-state index in [1.165, 1.54) is 18.9 Å². The normalized spacial score (nSPS) is 23.1. The highest BCUT2D eigenvalue weighted by molar-refractivity contribution is 5.95. The number of ether oxygens (including phenoxy) is 1. The zero-order valence-corrected chi connectivity index (χ0v) is 24.3. The smallest absolute Gasteiger partial charge is 0.319 e. The Morgan fingerprint density at radius 3 is 2.76 bits per heavy atom. The molecule has 0 aliphatic carbocycles. The van der Waals surface area contributed by atoms with Crippen molar-refractivity contribution in [1.82, 2.24) is 25.2 Å². The Labute approximate surface area is 246 Å². The largest absolute Gasteiger partial charge is 0.508 e. The van der Waals surface area contributed by atoms with Gasteiger partial charge in [0.1, 0.15) is 29.4 Å². The number of aromatic nitrogens is 3. The number of phenols is 1. The minimum atomic E-state index is -0.577. The van der Waals surface area contributed by atoms with E-state index in [4.69, 9.17) is 16.1 Å². The molecule has 4 aliphatic rings. The van der Waals surface area contributed by atoms with Crippen LogP contribution in [0.3, 0.4) is 0 Å². The number of anilines is 1. The van der Waals surface area contributed by atoms with E-state index in [-0.39, 0.29) is 34.6 Å². The molecule has 2 atom stereocenters. The number of allylic oxidation sites excluding steroid dienone is 2. The van der Waals surface area contributed by atoms with Gasteiger partial charge >= 0.3 is 6.01 Å². The van der Waals surface area contributed by atoms with Gasteiger partial charge in [0.05, 0.1) is 10.9 Å². The number of nitrogens with one attached hydrogen (secondary N) is 1. The first-order chi connectivity index (χ1) is 20.4. The Bertz CT molecular complexity index is 1620. The molecule has 9 heteroatoms. The van der Waals surface area contributed by atoms with Crippen LogP contribution in [-0.2, 0) is 6.42 Å². The molecule has 1 aromatic carbocycles. The fraction of sp³-hybridized carbons (Fsp3) is 0.485. The Morgan fingerprint density at radius 1 is 1.29 bits per heavy atom. The number of piperazine rings is 1. The minimum absolute atomic E-state index is 0.0161. The van der Waals surface area contributed by atoms with Crippen molar-refractivity contribution in [3.63, 3.8) is 0 Å². The second-order valence-corrected chi connectivity index (χ2v) is 12.1. The van der Waals surface area contributed by atoms with Crippen molar-refractivity contribution in [2.24, 2.45) is 0 Å². The summed E-state index contributed by atoms with van der Waals surface area (Å²) in [5.41, 5.74) is 2.85. The molecule has 2 unspecified atom stereocenters. The highest BCUT2D eigenvalue weighted by Gasteiger charge is 2.45. The second-order valence-electron chi connectivity index (χ2n) is 12.1. The molecule has 218 valence electrons. The van der Waals surface area contributed by atoms with E-state index in [9.17, 15) is 5.11 Å². The molecule has 8 nitrogen and oxygen atoms in total. The molecule has 2 N–H and O–H groups in total. The van der Waals surface area contributed by atoms with Crippen molar-refractivity contribution in [3.8, 4) is 35.4 Å². The van der Waals surface area contributed by atoms with Gasteiger partial charge in [0, 0.05) is 48.1 Å². The predicted octanol–water partition coefficient (Wildman–Crippen LogP) is 4.69. The molecular weight excluding hydrogens is 531 g/mol. The van der Waals surface area contributed by atoms with Crippen molar-refractivity contribution in [1.29, 1.82) is 0 Å². The Kier molecular flexibility index (Phi) is 6.79. The Hall–Kier alpha value is -3.74. The maximum absolute atomic E-state index is 16.8. The highest BCUT2D eigenvalue weighted by Crippen LogP contribution is 2.41. The first-order valence-electron chi connectivity index (χ1n) is 15.2.